The van der Waals surface area contributed by atoms with Gasteiger partial charge in [0.2, 0.25) is 0 Å². The van der Waals surface area contributed by atoms with Crippen LogP contribution in [0.1, 0.15) is 29.9 Å². The number of rotatable bonds is 3. The first-order valence-corrected chi connectivity index (χ1v) is 10.4. The third-order valence-corrected chi connectivity index (χ3v) is 6.72. The van der Waals surface area contributed by atoms with Crippen molar-refractivity contribution in [1.29, 1.82) is 0 Å². The molecule has 8 heteroatoms. The van der Waals surface area contributed by atoms with Gasteiger partial charge in [-0.1, -0.05) is 18.2 Å². The second-order valence-electron chi connectivity index (χ2n) is 8.49. The predicted octanol–water partition coefficient (Wildman–Crippen LogP) is 2.88. The summed E-state index contributed by atoms with van der Waals surface area (Å²) >= 11 is 0. The molecule has 5 nitrogen and oxygen atoms in total. The number of hydrogen-bond donors (Lipinski definition) is 0. The minimum atomic E-state index is -4.36. The highest BCUT2D eigenvalue weighted by Gasteiger charge is 2.40. The van der Waals surface area contributed by atoms with Crippen molar-refractivity contribution in [3.05, 3.63) is 46.5 Å². The van der Waals surface area contributed by atoms with E-state index < -0.39 is 11.7 Å². The molecule has 1 aromatic carbocycles. The first-order valence-electron chi connectivity index (χ1n) is 10.4. The lowest BCUT2D eigenvalue weighted by molar-refractivity contribution is -0.138. The van der Waals surface area contributed by atoms with Crippen molar-refractivity contribution >= 4 is 11.6 Å². The highest BCUT2D eigenvalue weighted by atomic mass is 19.4. The fourth-order valence-electron chi connectivity index (χ4n) is 4.91. The summed E-state index contributed by atoms with van der Waals surface area (Å²) in [5.74, 6) is -0.262. The topological polar surface area (TPSA) is 45.1 Å². The van der Waals surface area contributed by atoms with Gasteiger partial charge in [-0.2, -0.15) is 13.2 Å². The van der Waals surface area contributed by atoms with Crippen LogP contribution in [0.5, 0.6) is 0 Å². The summed E-state index contributed by atoms with van der Waals surface area (Å²) in [6.45, 7) is 4.57. The van der Waals surface area contributed by atoms with E-state index in [-0.39, 0.29) is 11.8 Å². The number of nitrogens with zero attached hydrogens (tertiary/aromatic N) is 3. The Hall–Kier alpha value is -2.19. The van der Waals surface area contributed by atoms with Crippen LogP contribution in [0.25, 0.3) is 0 Å². The third-order valence-electron chi connectivity index (χ3n) is 6.72. The lowest BCUT2D eigenvalue weighted by Crippen LogP contribution is -2.49. The molecule has 1 amide bonds. The molecule has 2 saturated heterocycles. The van der Waals surface area contributed by atoms with Gasteiger partial charge in [0.25, 0.3) is 5.91 Å². The standard InChI is InChI=1S/C22H24F3N3O2/c23-22(24,25)19-4-2-1-3-17(19)14-5-7-27(8-6-14)21(29)20-18-11-28(16-12-30-13-16)10-15(18)9-26-20/h1-4,14,16H,5-13H2. The van der Waals surface area contributed by atoms with E-state index in [2.05, 4.69) is 9.89 Å². The number of likely N-dealkylation sites (tertiary alicyclic amines) is 1. The Bertz CT molecular complexity index is 912. The molecule has 0 aromatic heterocycles. The van der Waals surface area contributed by atoms with Crippen molar-refractivity contribution in [2.45, 2.75) is 31.0 Å². The average molecular weight is 419 g/mol. The number of carbonyl (C=O) groups is 1. The van der Waals surface area contributed by atoms with Crippen molar-refractivity contribution in [3.63, 3.8) is 0 Å². The molecular formula is C22H24F3N3O2. The summed E-state index contributed by atoms with van der Waals surface area (Å²) in [4.78, 5) is 21.7. The molecule has 0 aliphatic carbocycles. The van der Waals surface area contributed by atoms with Gasteiger partial charge in [0.15, 0.2) is 0 Å². The van der Waals surface area contributed by atoms with Crippen LogP contribution in [0.15, 0.2) is 40.4 Å². The molecule has 0 saturated carbocycles. The summed E-state index contributed by atoms with van der Waals surface area (Å²) < 4.78 is 45.4. The molecule has 0 N–H and O–H groups in total. The molecular weight excluding hydrogens is 395 g/mol. The van der Waals surface area contributed by atoms with Gasteiger partial charge in [-0.25, -0.2) is 0 Å². The quantitative estimate of drug-likeness (QED) is 0.757. The van der Waals surface area contributed by atoms with Gasteiger partial charge < -0.3 is 9.64 Å². The molecule has 1 aromatic rings. The molecule has 4 heterocycles. The zero-order valence-electron chi connectivity index (χ0n) is 16.6. The molecule has 0 atom stereocenters. The van der Waals surface area contributed by atoms with Crippen LogP contribution in [-0.2, 0) is 15.7 Å². The molecule has 30 heavy (non-hydrogen) atoms. The molecule has 0 radical (unpaired) electrons. The first kappa shape index (κ1) is 19.8. The summed E-state index contributed by atoms with van der Waals surface area (Å²) in [6.07, 6.45) is -3.29. The second kappa shape index (κ2) is 7.50. The van der Waals surface area contributed by atoms with Crippen molar-refractivity contribution in [1.82, 2.24) is 9.80 Å². The summed E-state index contributed by atoms with van der Waals surface area (Å²) in [5.41, 5.74) is 2.61. The van der Waals surface area contributed by atoms with E-state index in [1.807, 2.05) is 0 Å². The Morgan fingerprint density at radius 1 is 1.10 bits per heavy atom. The number of benzene rings is 1. The van der Waals surface area contributed by atoms with Gasteiger partial charge >= 0.3 is 6.18 Å². The zero-order valence-corrected chi connectivity index (χ0v) is 16.6. The predicted molar refractivity (Wildman–Crippen MR) is 106 cm³/mol. The fourth-order valence-corrected chi connectivity index (χ4v) is 4.91. The maximum atomic E-state index is 13.4. The highest BCUT2D eigenvalue weighted by Crippen LogP contribution is 2.39. The van der Waals surface area contributed by atoms with E-state index in [0.29, 0.717) is 49.8 Å². The monoisotopic (exact) mass is 419 g/mol. The van der Waals surface area contributed by atoms with Crippen molar-refractivity contribution in [3.8, 4) is 0 Å². The molecule has 5 rings (SSSR count). The molecule has 0 spiro atoms. The van der Waals surface area contributed by atoms with Crippen LogP contribution in [0, 0.1) is 0 Å². The van der Waals surface area contributed by atoms with Gasteiger partial charge in [-0.15, -0.1) is 0 Å². The van der Waals surface area contributed by atoms with Gasteiger partial charge in [-0.05, 0) is 41.5 Å². The number of halogens is 3. The van der Waals surface area contributed by atoms with Crippen LogP contribution < -0.4 is 0 Å². The fraction of sp³-hybridized carbons (Fsp3) is 0.545. The number of alkyl halides is 3. The van der Waals surface area contributed by atoms with Gasteiger partial charge in [0.05, 0.1) is 31.4 Å². The number of carbonyl (C=O) groups excluding carboxylic acids is 1. The van der Waals surface area contributed by atoms with Crippen LogP contribution in [0.2, 0.25) is 0 Å². The maximum absolute atomic E-state index is 13.4. The Balaban J connectivity index is 1.23. The Morgan fingerprint density at radius 2 is 1.83 bits per heavy atom. The zero-order chi connectivity index (χ0) is 20.9. The summed E-state index contributed by atoms with van der Waals surface area (Å²) in [5, 5.41) is 0. The summed E-state index contributed by atoms with van der Waals surface area (Å²) in [7, 11) is 0. The van der Waals surface area contributed by atoms with E-state index in [0.717, 1.165) is 37.9 Å². The summed E-state index contributed by atoms with van der Waals surface area (Å²) in [6, 6.07) is 6.22. The van der Waals surface area contributed by atoms with E-state index >= 15 is 0 Å². The van der Waals surface area contributed by atoms with Gasteiger partial charge in [-0.3, -0.25) is 14.7 Å². The largest absolute Gasteiger partial charge is 0.416 e. The van der Waals surface area contributed by atoms with Gasteiger partial charge in [0.1, 0.15) is 5.71 Å². The molecule has 0 bridgehead atoms. The number of piperidine rings is 1. The van der Waals surface area contributed by atoms with Crippen molar-refractivity contribution in [2.75, 3.05) is 45.9 Å². The molecule has 2 fully saturated rings. The number of ether oxygens (including phenoxy) is 1. The number of hydrogen-bond acceptors (Lipinski definition) is 4. The lowest BCUT2D eigenvalue weighted by Gasteiger charge is -2.35. The van der Waals surface area contributed by atoms with Crippen LogP contribution in [0.4, 0.5) is 13.2 Å². The Labute approximate surface area is 173 Å². The normalized spacial score (nSPS) is 23.6. The minimum Gasteiger partial charge on any atom is -0.378 e. The third kappa shape index (κ3) is 3.46. The van der Waals surface area contributed by atoms with E-state index in [1.54, 1.807) is 17.0 Å². The van der Waals surface area contributed by atoms with Crippen LogP contribution in [-0.4, -0.2) is 73.4 Å². The van der Waals surface area contributed by atoms with E-state index in [4.69, 9.17) is 4.74 Å². The molecule has 160 valence electrons. The lowest BCUT2D eigenvalue weighted by atomic mass is 9.86. The average Bonchev–Trinajstić information content (AvgIpc) is 3.26. The SMILES string of the molecule is O=C(C1=NCC2=C1CN(C1COC1)C2)N1CCC(c2ccccc2C(F)(F)F)CC1. The number of aliphatic imine (C=N–C) groups is 1. The van der Waals surface area contributed by atoms with E-state index in [9.17, 15) is 18.0 Å². The minimum absolute atomic E-state index is 0.0748. The smallest absolute Gasteiger partial charge is 0.378 e. The Kier molecular flexibility index (Phi) is 4.94. The maximum Gasteiger partial charge on any atom is 0.416 e. The van der Waals surface area contributed by atoms with Crippen molar-refractivity contribution < 1.29 is 22.7 Å². The van der Waals surface area contributed by atoms with Gasteiger partial charge in [0, 0.05) is 26.2 Å². The first-order chi connectivity index (χ1) is 14.4. The van der Waals surface area contributed by atoms with Crippen molar-refractivity contribution in [2.24, 2.45) is 4.99 Å². The van der Waals surface area contributed by atoms with Crippen LogP contribution in [0.3, 0.4) is 0 Å². The second-order valence-corrected chi connectivity index (χ2v) is 8.49. The molecule has 4 aliphatic heterocycles. The van der Waals surface area contributed by atoms with Crippen LogP contribution >= 0.6 is 0 Å². The number of amides is 1. The highest BCUT2D eigenvalue weighted by molar-refractivity contribution is 6.46. The van der Waals surface area contributed by atoms with E-state index in [1.165, 1.54) is 11.6 Å². The molecule has 4 aliphatic rings. The molecule has 0 unspecified atom stereocenters. The Morgan fingerprint density at radius 3 is 2.50 bits per heavy atom.